The van der Waals surface area contributed by atoms with Crippen LogP contribution < -0.4 is 0 Å². The van der Waals surface area contributed by atoms with E-state index < -0.39 is 0 Å². The summed E-state index contributed by atoms with van der Waals surface area (Å²) in [5.41, 5.74) is 4.22. The van der Waals surface area contributed by atoms with E-state index >= 15 is 0 Å². The molecule has 2 aromatic carbocycles. The zero-order valence-electron chi connectivity index (χ0n) is 14.3. The largest absolute Gasteiger partial charge is 0.338 e. The summed E-state index contributed by atoms with van der Waals surface area (Å²) < 4.78 is 10.6. The molecule has 0 saturated carbocycles. The van der Waals surface area contributed by atoms with Gasteiger partial charge in [0.15, 0.2) is 0 Å². The molecule has 0 amide bonds. The fourth-order valence-electron chi connectivity index (χ4n) is 2.34. The predicted molar refractivity (Wildman–Crippen MR) is 98.5 cm³/mol. The van der Waals surface area contributed by atoms with Gasteiger partial charge in [-0.05, 0) is 13.8 Å². The minimum atomic E-state index is 0.467. The van der Waals surface area contributed by atoms with Gasteiger partial charge in [-0.3, -0.25) is 0 Å². The zero-order valence-corrected chi connectivity index (χ0v) is 15.2. The molecule has 0 atom stereocenters. The number of rotatable bonds is 5. The standard InChI is InChI=1S/C19H16N4O2S/c1-12-3-7-14(8-4-12)17-20-16(24-22-17)11-26-19-21-18(23-25-19)15-9-5-13(2)6-10-15/h3-10H,11H2,1-2H3. The van der Waals surface area contributed by atoms with Crippen molar-refractivity contribution in [2.24, 2.45) is 0 Å². The van der Waals surface area contributed by atoms with Crippen molar-refractivity contribution in [3.63, 3.8) is 0 Å². The van der Waals surface area contributed by atoms with E-state index in [1.807, 2.05) is 62.4 Å². The van der Waals surface area contributed by atoms with Gasteiger partial charge in [-0.25, -0.2) is 0 Å². The molecule has 2 heterocycles. The summed E-state index contributed by atoms with van der Waals surface area (Å²) >= 11 is 1.37. The molecular weight excluding hydrogens is 348 g/mol. The Bertz CT molecular complexity index is 923. The summed E-state index contributed by atoms with van der Waals surface area (Å²) in [7, 11) is 0. The number of nitrogens with zero attached hydrogens (tertiary/aromatic N) is 4. The van der Waals surface area contributed by atoms with E-state index in [1.54, 1.807) is 0 Å². The van der Waals surface area contributed by atoms with Crippen LogP contribution in [0.25, 0.3) is 22.8 Å². The van der Waals surface area contributed by atoms with Crippen LogP contribution in [0.3, 0.4) is 0 Å². The van der Waals surface area contributed by atoms with Gasteiger partial charge in [0.05, 0.1) is 5.75 Å². The maximum atomic E-state index is 5.30. The third kappa shape index (κ3) is 3.67. The SMILES string of the molecule is Cc1ccc(-c2noc(CSc3nc(-c4ccc(C)cc4)no3)n2)cc1. The Morgan fingerprint density at radius 2 is 1.27 bits per heavy atom. The molecule has 0 fully saturated rings. The molecule has 0 aliphatic carbocycles. The van der Waals surface area contributed by atoms with Gasteiger partial charge in [0, 0.05) is 11.1 Å². The Kier molecular flexibility index (Phi) is 4.53. The lowest BCUT2D eigenvalue weighted by atomic mass is 10.1. The fraction of sp³-hybridized carbons (Fsp3) is 0.158. The summed E-state index contributed by atoms with van der Waals surface area (Å²) in [6, 6.07) is 16.0. The van der Waals surface area contributed by atoms with Crippen molar-refractivity contribution >= 4 is 11.8 Å². The number of hydrogen-bond donors (Lipinski definition) is 0. The molecule has 26 heavy (non-hydrogen) atoms. The second-order valence-corrected chi connectivity index (χ2v) is 6.84. The Morgan fingerprint density at radius 1 is 0.731 bits per heavy atom. The summed E-state index contributed by atoms with van der Waals surface area (Å²) in [6.07, 6.45) is 0. The van der Waals surface area contributed by atoms with Crippen molar-refractivity contribution in [1.82, 2.24) is 20.3 Å². The molecular formula is C19H16N4O2S. The summed E-state index contributed by atoms with van der Waals surface area (Å²) in [5, 5.41) is 8.51. The molecule has 7 heteroatoms. The highest BCUT2D eigenvalue weighted by Gasteiger charge is 2.13. The van der Waals surface area contributed by atoms with Crippen LogP contribution in [0.2, 0.25) is 0 Å². The summed E-state index contributed by atoms with van der Waals surface area (Å²) in [5.74, 6) is 2.12. The molecule has 2 aromatic heterocycles. The molecule has 0 spiro atoms. The van der Waals surface area contributed by atoms with Crippen molar-refractivity contribution in [3.8, 4) is 22.8 Å². The lowest BCUT2D eigenvalue weighted by Gasteiger charge is -1.94. The molecule has 0 aliphatic heterocycles. The monoisotopic (exact) mass is 364 g/mol. The zero-order chi connectivity index (χ0) is 17.9. The van der Waals surface area contributed by atoms with Crippen molar-refractivity contribution < 1.29 is 9.05 Å². The average molecular weight is 364 g/mol. The van der Waals surface area contributed by atoms with Crippen LogP contribution in [0.5, 0.6) is 0 Å². The molecule has 130 valence electrons. The molecule has 0 unspecified atom stereocenters. The molecule has 0 saturated heterocycles. The third-order valence-corrected chi connectivity index (χ3v) is 4.62. The quantitative estimate of drug-likeness (QED) is 0.475. The number of aryl methyl sites for hydroxylation is 2. The number of thioether (sulfide) groups is 1. The van der Waals surface area contributed by atoms with E-state index in [9.17, 15) is 0 Å². The Balaban J connectivity index is 1.42. The first kappa shape index (κ1) is 16.5. The number of hydrogen-bond acceptors (Lipinski definition) is 7. The van der Waals surface area contributed by atoms with Gasteiger partial charge in [-0.1, -0.05) is 81.7 Å². The minimum Gasteiger partial charge on any atom is -0.338 e. The Hall–Kier alpha value is -2.93. The van der Waals surface area contributed by atoms with Gasteiger partial charge in [-0.15, -0.1) is 0 Å². The van der Waals surface area contributed by atoms with Crippen LogP contribution in [0.1, 0.15) is 17.0 Å². The summed E-state index contributed by atoms with van der Waals surface area (Å²) in [4.78, 5) is 8.81. The normalized spacial score (nSPS) is 11.0. The second kappa shape index (κ2) is 7.13. The predicted octanol–water partition coefficient (Wildman–Crippen LogP) is 4.70. The number of aromatic nitrogens is 4. The lowest BCUT2D eigenvalue weighted by molar-refractivity contribution is 0.340. The highest BCUT2D eigenvalue weighted by atomic mass is 32.2. The van der Waals surface area contributed by atoms with Crippen LogP contribution in [0.15, 0.2) is 62.8 Å². The van der Waals surface area contributed by atoms with Crippen LogP contribution in [0.4, 0.5) is 0 Å². The van der Waals surface area contributed by atoms with E-state index in [0.717, 1.165) is 11.1 Å². The molecule has 0 aliphatic rings. The maximum Gasteiger partial charge on any atom is 0.286 e. The smallest absolute Gasteiger partial charge is 0.286 e. The van der Waals surface area contributed by atoms with E-state index in [0.29, 0.717) is 28.5 Å². The van der Waals surface area contributed by atoms with Crippen LogP contribution >= 0.6 is 11.8 Å². The molecule has 0 bridgehead atoms. The summed E-state index contributed by atoms with van der Waals surface area (Å²) in [6.45, 7) is 4.08. The molecule has 4 rings (SSSR count). The molecule has 0 N–H and O–H groups in total. The number of benzene rings is 2. The van der Waals surface area contributed by atoms with Gasteiger partial charge < -0.3 is 9.05 Å². The van der Waals surface area contributed by atoms with Gasteiger partial charge in [0.2, 0.25) is 17.5 Å². The van der Waals surface area contributed by atoms with Gasteiger partial charge in [0.25, 0.3) is 5.22 Å². The van der Waals surface area contributed by atoms with E-state index in [2.05, 4.69) is 20.3 Å². The Morgan fingerprint density at radius 3 is 1.88 bits per heavy atom. The van der Waals surface area contributed by atoms with Crippen molar-refractivity contribution in [2.45, 2.75) is 24.8 Å². The van der Waals surface area contributed by atoms with E-state index in [4.69, 9.17) is 9.05 Å². The first-order valence-corrected chi connectivity index (χ1v) is 9.09. The Labute approximate surface area is 154 Å². The van der Waals surface area contributed by atoms with E-state index in [1.165, 1.54) is 22.9 Å². The van der Waals surface area contributed by atoms with Gasteiger partial charge in [0.1, 0.15) is 0 Å². The highest BCUT2D eigenvalue weighted by Crippen LogP contribution is 2.25. The molecule has 6 nitrogen and oxygen atoms in total. The first-order chi connectivity index (χ1) is 12.7. The lowest BCUT2D eigenvalue weighted by Crippen LogP contribution is -1.84. The van der Waals surface area contributed by atoms with Gasteiger partial charge in [-0.2, -0.15) is 9.97 Å². The fourth-order valence-corrected chi connectivity index (χ4v) is 2.95. The third-order valence-electron chi connectivity index (χ3n) is 3.81. The highest BCUT2D eigenvalue weighted by molar-refractivity contribution is 7.98. The van der Waals surface area contributed by atoms with E-state index in [-0.39, 0.29) is 0 Å². The molecule has 0 radical (unpaired) electrons. The van der Waals surface area contributed by atoms with Crippen LogP contribution in [-0.2, 0) is 5.75 Å². The minimum absolute atomic E-state index is 0.467. The first-order valence-electron chi connectivity index (χ1n) is 8.10. The van der Waals surface area contributed by atoms with Crippen molar-refractivity contribution in [3.05, 3.63) is 65.5 Å². The second-order valence-electron chi connectivity index (χ2n) is 5.92. The van der Waals surface area contributed by atoms with Gasteiger partial charge >= 0.3 is 0 Å². The van der Waals surface area contributed by atoms with Crippen LogP contribution in [0, 0.1) is 13.8 Å². The topological polar surface area (TPSA) is 77.8 Å². The van der Waals surface area contributed by atoms with Crippen LogP contribution in [-0.4, -0.2) is 20.3 Å². The van der Waals surface area contributed by atoms with Crippen molar-refractivity contribution in [2.75, 3.05) is 0 Å². The average Bonchev–Trinajstić information content (AvgIpc) is 3.31. The van der Waals surface area contributed by atoms with Crippen molar-refractivity contribution in [1.29, 1.82) is 0 Å². The maximum absolute atomic E-state index is 5.30. The molecule has 4 aromatic rings.